The third-order valence-electron chi connectivity index (χ3n) is 3.76. The number of hydrogen-bond donors (Lipinski definition) is 1. The van der Waals surface area contributed by atoms with Gasteiger partial charge in [0.15, 0.2) is 0 Å². The van der Waals surface area contributed by atoms with Gasteiger partial charge in [-0.05, 0) is 30.2 Å². The van der Waals surface area contributed by atoms with Crippen LogP contribution in [-0.2, 0) is 23.0 Å². The zero-order valence-electron chi connectivity index (χ0n) is 11.3. The Labute approximate surface area is 117 Å². The summed E-state index contributed by atoms with van der Waals surface area (Å²) >= 11 is 0. The molecule has 6 heteroatoms. The van der Waals surface area contributed by atoms with E-state index in [2.05, 4.69) is 4.98 Å². The number of hydrogen-bond acceptors (Lipinski definition) is 2. The molecule has 1 aliphatic rings. The van der Waals surface area contributed by atoms with E-state index in [4.69, 9.17) is 0 Å². The lowest BCUT2D eigenvalue weighted by molar-refractivity contribution is 0.391. The van der Waals surface area contributed by atoms with Crippen molar-refractivity contribution in [1.82, 2.24) is 9.29 Å². The van der Waals surface area contributed by atoms with Crippen LogP contribution < -0.4 is 0 Å². The van der Waals surface area contributed by atoms with Gasteiger partial charge in [-0.3, -0.25) is 0 Å². The molecule has 108 valence electrons. The predicted octanol–water partition coefficient (Wildman–Crippen LogP) is 2.40. The maximum atomic E-state index is 13.2. The van der Waals surface area contributed by atoms with E-state index in [1.165, 1.54) is 16.4 Å². The molecular weight excluding hydrogens is 279 g/mol. The fraction of sp³-hybridized carbons (Fsp3) is 0.429. The molecule has 0 fully saturated rings. The van der Waals surface area contributed by atoms with Crippen molar-refractivity contribution in [2.24, 2.45) is 0 Å². The van der Waals surface area contributed by atoms with Crippen LogP contribution in [0.3, 0.4) is 0 Å². The standard InChI is InChI=1S/C14H17FN2O2S/c1-2-7-20(18,19)17-6-5-13-12(9-17)11-4-3-10(15)8-14(11)16-13/h3-4,8,16H,2,5-7,9H2,1H3. The average molecular weight is 296 g/mol. The number of nitrogens with zero attached hydrogens (tertiary/aromatic N) is 1. The van der Waals surface area contributed by atoms with Gasteiger partial charge in [0.1, 0.15) is 5.82 Å². The summed E-state index contributed by atoms with van der Waals surface area (Å²) in [7, 11) is -3.19. The Morgan fingerprint density at radius 3 is 2.95 bits per heavy atom. The Hall–Kier alpha value is -1.40. The third kappa shape index (κ3) is 2.23. The molecule has 1 aromatic carbocycles. The fourth-order valence-electron chi connectivity index (χ4n) is 2.79. The topological polar surface area (TPSA) is 53.2 Å². The van der Waals surface area contributed by atoms with Crippen molar-refractivity contribution < 1.29 is 12.8 Å². The maximum absolute atomic E-state index is 13.2. The summed E-state index contributed by atoms with van der Waals surface area (Å²) in [6.07, 6.45) is 1.26. The highest BCUT2D eigenvalue weighted by molar-refractivity contribution is 7.89. The van der Waals surface area contributed by atoms with Crippen LogP contribution in [-0.4, -0.2) is 30.0 Å². The number of sulfonamides is 1. The fourth-order valence-corrected chi connectivity index (χ4v) is 4.26. The van der Waals surface area contributed by atoms with E-state index in [1.54, 1.807) is 6.07 Å². The summed E-state index contributed by atoms with van der Waals surface area (Å²) in [5.41, 5.74) is 2.74. The molecule has 2 heterocycles. The molecule has 0 spiro atoms. The monoisotopic (exact) mass is 296 g/mol. The van der Waals surface area contributed by atoms with Crippen molar-refractivity contribution in [2.45, 2.75) is 26.3 Å². The molecule has 0 saturated heterocycles. The van der Waals surface area contributed by atoms with Crippen LogP contribution in [0.4, 0.5) is 4.39 Å². The van der Waals surface area contributed by atoms with Crippen molar-refractivity contribution in [3.05, 3.63) is 35.3 Å². The first-order chi connectivity index (χ1) is 9.51. The molecule has 0 amide bonds. The summed E-state index contributed by atoms with van der Waals surface area (Å²) in [5.74, 6) is -0.106. The zero-order valence-corrected chi connectivity index (χ0v) is 12.1. The van der Waals surface area contributed by atoms with E-state index in [1.807, 2.05) is 6.92 Å². The maximum Gasteiger partial charge on any atom is 0.214 e. The van der Waals surface area contributed by atoms with Gasteiger partial charge in [-0.15, -0.1) is 0 Å². The molecule has 2 aromatic rings. The van der Waals surface area contributed by atoms with E-state index >= 15 is 0 Å². The summed E-state index contributed by atoms with van der Waals surface area (Å²) in [5, 5.41) is 0.915. The molecule has 20 heavy (non-hydrogen) atoms. The number of nitrogens with one attached hydrogen (secondary N) is 1. The molecule has 3 rings (SSSR count). The lowest BCUT2D eigenvalue weighted by Gasteiger charge is -2.26. The van der Waals surface area contributed by atoms with Crippen LogP contribution in [0.5, 0.6) is 0 Å². The van der Waals surface area contributed by atoms with Crippen LogP contribution >= 0.6 is 0 Å². The molecule has 0 atom stereocenters. The van der Waals surface area contributed by atoms with Crippen LogP contribution in [0, 0.1) is 5.82 Å². The number of aromatic amines is 1. The Morgan fingerprint density at radius 1 is 1.40 bits per heavy atom. The minimum atomic E-state index is -3.19. The van der Waals surface area contributed by atoms with Crippen LogP contribution in [0.2, 0.25) is 0 Å². The smallest absolute Gasteiger partial charge is 0.214 e. The Bertz CT molecular complexity index is 752. The normalized spacial score (nSPS) is 16.5. The Morgan fingerprint density at radius 2 is 2.20 bits per heavy atom. The molecular formula is C14H17FN2O2S. The second kappa shape index (κ2) is 4.86. The first-order valence-electron chi connectivity index (χ1n) is 6.78. The van der Waals surface area contributed by atoms with Crippen molar-refractivity contribution in [2.75, 3.05) is 12.3 Å². The first-order valence-corrected chi connectivity index (χ1v) is 8.39. The number of halogens is 1. The van der Waals surface area contributed by atoms with Crippen LogP contribution in [0.1, 0.15) is 24.6 Å². The quantitative estimate of drug-likeness (QED) is 0.945. The number of benzene rings is 1. The molecule has 1 aliphatic heterocycles. The predicted molar refractivity (Wildman–Crippen MR) is 76.4 cm³/mol. The van der Waals surface area contributed by atoms with Crippen molar-refractivity contribution >= 4 is 20.9 Å². The zero-order chi connectivity index (χ0) is 14.3. The summed E-state index contributed by atoms with van der Waals surface area (Å²) in [4.78, 5) is 3.20. The molecule has 1 N–H and O–H groups in total. The SMILES string of the molecule is CCCS(=O)(=O)N1CCc2[nH]c3cc(F)ccc3c2C1. The van der Waals surface area contributed by atoms with Crippen molar-refractivity contribution in [3.8, 4) is 0 Å². The lowest BCUT2D eigenvalue weighted by atomic mass is 10.1. The minimum absolute atomic E-state index is 0.180. The number of rotatable bonds is 3. The molecule has 1 aromatic heterocycles. The highest BCUT2D eigenvalue weighted by Gasteiger charge is 2.28. The molecule has 0 radical (unpaired) electrons. The highest BCUT2D eigenvalue weighted by atomic mass is 32.2. The summed E-state index contributed by atoms with van der Waals surface area (Å²) < 4.78 is 39.1. The molecule has 4 nitrogen and oxygen atoms in total. The van der Waals surface area contributed by atoms with E-state index in [0.29, 0.717) is 25.9 Å². The van der Waals surface area contributed by atoms with E-state index in [-0.39, 0.29) is 11.6 Å². The third-order valence-corrected chi connectivity index (χ3v) is 5.78. The second-order valence-electron chi connectivity index (χ2n) is 5.17. The van der Waals surface area contributed by atoms with E-state index in [0.717, 1.165) is 22.2 Å². The van der Waals surface area contributed by atoms with Crippen molar-refractivity contribution in [1.29, 1.82) is 0 Å². The van der Waals surface area contributed by atoms with E-state index in [9.17, 15) is 12.8 Å². The molecule has 0 aliphatic carbocycles. The van der Waals surface area contributed by atoms with E-state index < -0.39 is 10.0 Å². The van der Waals surface area contributed by atoms with Gasteiger partial charge < -0.3 is 4.98 Å². The molecule has 0 bridgehead atoms. The average Bonchev–Trinajstić information content (AvgIpc) is 2.74. The molecule has 0 unspecified atom stereocenters. The van der Waals surface area contributed by atoms with Gasteiger partial charge >= 0.3 is 0 Å². The Kier molecular flexibility index (Phi) is 3.30. The summed E-state index contributed by atoms with van der Waals surface area (Å²) in [6, 6.07) is 4.59. The van der Waals surface area contributed by atoms with Gasteiger partial charge in [0, 0.05) is 36.1 Å². The van der Waals surface area contributed by atoms with Gasteiger partial charge in [0.25, 0.3) is 0 Å². The minimum Gasteiger partial charge on any atom is -0.358 e. The highest BCUT2D eigenvalue weighted by Crippen LogP contribution is 2.29. The van der Waals surface area contributed by atoms with Gasteiger partial charge in [-0.25, -0.2) is 12.8 Å². The number of fused-ring (bicyclic) bond motifs is 3. The lowest BCUT2D eigenvalue weighted by Crippen LogP contribution is -2.37. The van der Waals surface area contributed by atoms with Crippen LogP contribution in [0.15, 0.2) is 18.2 Å². The van der Waals surface area contributed by atoms with Crippen molar-refractivity contribution in [3.63, 3.8) is 0 Å². The largest absolute Gasteiger partial charge is 0.358 e. The summed E-state index contributed by atoms with van der Waals surface area (Å²) in [6.45, 7) is 2.73. The number of H-pyrrole nitrogens is 1. The van der Waals surface area contributed by atoms with Gasteiger partial charge in [0.05, 0.1) is 5.75 Å². The number of aromatic nitrogens is 1. The van der Waals surface area contributed by atoms with Crippen LogP contribution in [0.25, 0.3) is 10.9 Å². The molecule has 0 saturated carbocycles. The Balaban J connectivity index is 2.00. The first kappa shape index (κ1) is 13.6. The van der Waals surface area contributed by atoms with Gasteiger partial charge in [-0.1, -0.05) is 6.92 Å². The second-order valence-corrected chi connectivity index (χ2v) is 7.26. The van der Waals surface area contributed by atoms with Gasteiger partial charge in [-0.2, -0.15) is 4.31 Å². The van der Waals surface area contributed by atoms with Gasteiger partial charge in [0.2, 0.25) is 10.0 Å².